The number of nitrogens with zero attached hydrogens (tertiary/aromatic N) is 4. The lowest BCUT2D eigenvalue weighted by molar-refractivity contribution is -0.385. The molecule has 0 spiro atoms. The Morgan fingerprint density at radius 3 is 1.91 bits per heavy atom. The van der Waals surface area contributed by atoms with Crippen molar-refractivity contribution in [2.75, 3.05) is 26.2 Å². The number of aliphatic hydroxyl groups is 1. The van der Waals surface area contributed by atoms with E-state index in [9.17, 15) is 34.9 Å². The number of aliphatic hydroxyl groups excluding tert-OH is 1. The third kappa shape index (κ3) is 4.79. The molecule has 1 aliphatic heterocycles. The third-order valence-corrected chi connectivity index (χ3v) is 5.86. The number of nitro groups is 2. The van der Waals surface area contributed by atoms with Gasteiger partial charge in [-0.05, 0) is 42.9 Å². The van der Waals surface area contributed by atoms with Gasteiger partial charge in [-0.2, -0.15) is 0 Å². The zero-order valence-corrected chi connectivity index (χ0v) is 18.7. The van der Waals surface area contributed by atoms with E-state index in [2.05, 4.69) is 4.90 Å². The van der Waals surface area contributed by atoms with Gasteiger partial charge in [-0.1, -0.05) is 13.8 Å². The summed E-state index contributed by atoms with van der Waals surface area (Å²) >= 11 is 0. The van der Waals surface area contributed by atoms with E-state index in [0.29, 0.717) is 12.1 Å². The average molecular weight is 468 g/mol. The molecule has 3 rings (SSSR count). The molecular formula is C23H24N4O7. The fourth-order valence-corrected chi connectivity index (χ4v) is 3.92. The van der Waals surface area contributed by atoms with E-state index in [1.807, 2.05) is 13.8 Å². The van der Waals surface area contributed by atoms with Gasteiger partial charge in [0.1, 0.15) is 5.76 Å². The van der Waals surface area contributed by atoms with Crippen LogP contribution >= 0.6 is 0 Å². The molecule has 2 aromatic rings. The number of non-ortho nitro benzene ring substituents is 2. The highest BCUT2D eigenvalue weighted by atomic mass is 16.6. The minimum Gasteiger partial charge on any atom is -0.507 e. The van der Waals surface area contributed by atoms with Crippen molar-refractivity contribution in [2.45, 2.75) is 19.9 Å². The van der Waals surface area contributed by atoms with Crippen LogP contribution in [0.2, 0.25) is 0 Å². The zero-order valence-electron chi connectivity index (χ0n) is 18.7. The van der Waals surface area contributed by atoms with Gasteiger partial charge in [0.2, 0.25) is 0 Å². The van der Waals surface area contributed by atoms with Crippen LogP contribution in [0.1, 0.15) is 31.0 Å². The summed E-state index contributed by atoms with van der Waals surface area (Å²) in [6.45, 7) is 6.11. The van der Waals surface area contributed by atoms with E-state index < -0.39 is 33.3 Å². The molecule has 2 aromatic carbocycles. The first-order valence-electron chi connectivity index (χ1n) is 10.7. The quantitative estimate of drug-likeness (QED) is 0.194. The van der Waals surface area contributed by atoms with Crippen molar-refractivity contribution in [3.63, 3.8) is 0 Å². The summed E-state index contributed by atoms with van der Waals surface area (Å²) in [7, 11) is 0. The van der Waals surface area contributed by atoms with Crippen molar-refractivity contribution in [2.24, 2.45) is 0 Å². The van der Waals surface area contributed by atoms with Crippen LogP contribution in [-0.2, 0) is 9.59 Å². The number of likely N-dealkylation sites (tertiary alicyclic amines) is 1. The highest BCUT2D eigenvalue weighted by molar-refractivity contribution is 6.46. The molecule has 1 amide bonds. The van der Waals surface area contributed by atoms with Gasteiger partial charge in [0.05, 0.1) is 21.5 Å². The Balaban J connectivity index is 2.10. The summed E-state index contributed by atoms with van der Waals surface area (Å²) in [4.78, 5) is 50.2. The Kier molecular flexibility index (Phi) is 7.37. The molecule has 0 radical (unpaired) electrons. The highest BCUT2D eigenvalue weighted by Gasteiger charge is 2.46. The monoisotopic (exact) mass is 468 g/mol. The largest absolute Gasteiger partial charge is 0.507 e. The van der Waals surface area contributed by atoms with Crippen LogP contribution in [0.5, 0.6) is 0 Å². The smallest absolute Gasteiger partial charge is 0.295 e. The topological polar surface area (TPSA) is 147 Å². The number of carbonyl (C=O) groups is 2. The van der Waals surface area contributed by atoms with Crippen LogP contribution in [0.4, 0.5) is 11.4 Å². The first-order valence-corrected chi connectivity index (χ1v) is 10.7. The summed E-state index contributed by atoms with van der Waals surface area (Å²) in [5.41, 5.74) is 0.0432. The second kappa shape index (κ2) is 10.2. The molecule has 1 saturated heterocycles. The maximum atomic E-state index is 13.0. The SMILES string of the molecule is CCN(CC)CCN1C(=O)C(=O)C(=C(O)c2ccc([N+](=O)[O-])cc2)[C@H]1c1ccc([N+](=O)[O-])cc1. The van der Waals surface area contributed by atoms with Crippen LogP contribution in [-0.4, -0.2) is 62.6 Å². The van der Waals surface area contributed by atoms with E-state index in [-0.39, 0.29) is 29.1 Å². The third-order valence-electron chi connectivity index (χ3n) is 5.86. The van der Waals surface area contributed by atoms with Crippen molar-refractivity contribution < 1.29 is 24.5 Å². The second-order valence-electron chi connectivity index (χ2n) is 7.67. The molecule has 1 heterocycles. The van der Waals surface area contributed by atoms with E-state index in [1.165, 1.54) is 53.4 Å². The normalized spacial score (nSPS) is 17.4. The van der Waals surface area contributed by atoms with E-state index in [1.54, 1.807) is 0 Å². The van der Waals surface area contributed by atoms with Crippen LogP contribution in [0, 0.1) is 20.2 Å². The number of amides is 1. The predicted molar refractivity (Wildman–Crippen MR) is 123 cm³/mol. The molecular weight excluding hydrogens is 444 g/mol. The Hall–Kier alpha value is -4.12. The number of hydrogen-bond acceptors (Lipinski definition) is 8. The van der Waals surface area contributed by atoms with Gasteiger partial charge in [0, 0.05) is 42.9 Å². The Bertz CT molecular complexity index is 1140. The Labute approximate surface area is 195 Å². The van der Waals surface area contributed by atoms with E-state index >= 15 is 0 Å². The van der Waals surface area contributed by atoms with E-state index in [4.69, 9.17) is 0 Å². The number of nitro benzene ring substituents is 2. The van der Waals surface area contributed by atoms with Crippen LogP contribution in [0.15, 0.2) is 54.1 Å². The molecule has 11 nitrogen and oxygen atoms in total. The second-order valence-corrected chi connectivity index (χ2v) is 7.67. The maximum Gasteiger partial charge on any atom is 0.295 e. The van der Waals surface area contributed by atoms with Gasteiger partial charge in [-0.25, -0.2) is 0 Å². The first-order chi connectivity index (χ1) is 16.2. The number of likely N-dealkylation sites (N-methyl/N-ethyl adjacent to an activating group) is 1. The van der Waals surface area contributed by atoms with Crippen LogP contribution in [0.3, 0.4) is 0 Å². The molecule has 0 aliphatic carbocycles. The van der Waals surface area contributed by atoms with Gasteiger partial charge < -0.3 is 14.9 Å². The van der Waals surface area contributed by atoms with Crippen LogP contribution in [0.25, 0.3) is 5.76 Å². The van der Waals surface area contributed by atoms with Crippen molar-refractivity contribution in [1.82, 2.24) is 9.80 Å². The van der Waals surface area contributed by atoms with Gasteiger partial charge in [0.15, 0.2) is 0 Å². The number of Topliss-reactive ketones (excluding diaryl/α,β-unsaturated/α-hetero) is 1. The summed E-state index contributed by atoms with van der Waals surface area (Å²) in [6.07, 6.45) is 0. The van der Waals surface area contributed by atoms with Crippen molar-refractivity contribution in [3.8, 4) is 0 Å². The Morgan fingerprint density at radius 2 is 1.44 bits per heavy atom. The molecule has 11 heteroatoms. The lowest BCUT2D eigenvalue weighted by atomic mass is 9.95. The lowest BCUT2D eigenvalue weighted by Crippen LogP contribution is -2.38. The van der Waals surface area contributed by atoms with Gasteiger partial charge in [-0.15, -0.1) is 0 Å². The summed E-state index contributed by atoms with van der Waals surface area (Å²) in [5.74, 6) is -2.15. The number of rotatable bonds is 9. The molecule has 0 saturated carbocycles. The summed E-state index contributed by atoms with van der Waals surface area (Å²) in [6, 6.07) is 9.43. The average Bonchev–Trinajstić information content (AvgIpc) is 3.09. The standard InChI is InChI=1S/C23H24N4O7/c1-3-24(4-2)13-14-25-20(15-5-9-17(10-6-15)26(31)32)19(22(29)23(25)30)21(28)16-7-11-18(12-8-16)27(33)34/h5-12,20,28H,3-4,13-14H2,1-2H3/t20-/m1/s1. The number of ketones is 1. The minimum absolute atomic E-state index is 0.138. The summed E-state index contributed by atoms with van der Waals surface area (Å²) in [5, 5.41) is 33.0. The van der Waals surface area contributed by atoms with E-state index in [0.717, 1.165) is 13.1 Å². The fourth-order valence-electron chi connectivity index (χ4n) is 3.92. The van der Waals surface area contributed by atoms with Crippen molar-refractivity contribution in [3.05, 3.63) is 85.5 Å². The fraction of sp³-hybridized carbons (Fsp3) is 0.304. The van der Waals surface area contributed by atoms with Gasteiger partial charge in [0.25, 0.3) is 23.1 Å². The molecule has 0 aromatic heterocycles. The molecule has 1 fully saturated rings. The molecule has 1 atom stereocenters. The maximum absolute atomic E-state index is 13.0. The number of carbonyl (C=O) groups excluding carboxylic acids is 2. The lowest BCUT2D eigenvalue weighted by Gasteiger charge is -2.28. The van der Waals surface area contributed by atoms with Gasteiger partial charge >= 0.3 is 0 Å². The molecule has 34 heavy (non-hydrogen) atoms. The van der Waals surface area contributed by atoms with Crippen molar-refractivity contribution >= 4 is 28.8 Å². The van der Waals surface area contributed by atoms with Gasteiger partial charge in [-0.3, -0.25) is 29.8 Å². The molecule has 0 bridgehead atoms. The Morgan fingerprint density at radius 1 is 0.941 bits per heavy atom. The first kappa shape index (κ1) is 24.5. The number of hydrogen-bond donors (Lipinski definition) is 1. The molecule has 1 aliphatic rings. The molecule has 1 N–H and O–H groups in total. The molecule has 0 unspecified atom stereocenters. The van der Waals surface area contributed by atoms with Crippen LogP contribution < -0.4 is 0 Å². The summed E-state index contributed by atoms with van der Waals surface area (Å²) < 4.78 is 0. The molecule has 178 valence electrons. The van der Waals surface area contributed by atoms with Crippen molar-refractivity contribution in [1.29, 1.82) is 0 Å². The zero-order chi connectivity index (χ0) is 25.0. The highest BCUT2D eigenvalue weighted by Crippen LogP contribution is 2.39. The number of benzene rings is 2. The minimum atomic E-state index is -0.966. The predicted octanol–water partition coefficient (Wildman–Crippen LogP) is 3.27.